The Bertz CT molecular complexity index is 679. The Balaban J connectivity index is 0. The van der Waals surface area contributed by atoms with Crippen LogP contribution in [0.1, 0.15) is 49.5 Å². The molecule has 28 heavy (non-hydrogen) atoms. The van der Waals surface area contributed by atoms with Gasteiger partial charge in [0.1, 0.15) is 0 Å². The number of aliphatic imine (C=N–C) groups is 2. The van der Waals surface area contributed by atoms with Gasteiger partial charge in [0.25, 0.3) is 5.91 Å². The lowest BCUT2D eigenvalue weighted by molar-refractivity contribution is 0.0972. The van der Waals surface area contributed by atoms with E-state index in [-0.39, 0.29) is 53.3 Å². The second kappa shape index (κ2) is 14.9. The van der Waals surface area contributed by atoms with Gasteiger partial charge in [-0.05, 0) is 19.8 Å². The van der Waals surface area contributed by atoms with Crippen molar-refractivity contribution in [2.24, 2.45) is 21.5 Å². The Labute approximate surface area is 181 Å². The minimum Gasteiger partial charge on any atom is -0.388 e. The third-order valence-corrected chi connectivity index (χ3v) is 3.60. The van der Waals surface area contributed by atoms with Crippen LogP contribution in [-0.4, -0.2) is 40.8 Å². The maximum Gasteiger partial charge on any atom is 0.280 e. The maximum atomic E-state index is 12.0. The number of anilines is 2. The average Bonchev–Trinajstić information content (AvgIpc) is 2.56. The first-order valence-corrected chi connectivity index (χ1v) is 8.65. The predicted octanol–water partition coefficient (Wildman–Crippen LogP) is 1.51. The zero-order valence-electron chi connectivity index (χ0n) is 15.7. The van der Waals surface area contributed by atoms with Crippen LogP contribution in [0.3, 0.4) is 0 Å². The van der Waals surface area contributed by atoms with Crippen molar-refractivity contribution in [3.05, 3.63) is 10.8 Å². The lowest BCUT2D eigenvalue weighted by Gasteiger charge is -2.07. The minimum atomic E-state index is -0.645. The van der Waals surface area contributed by atoms with E-state index in [2.05, 4.69) is 25.3 Å². The van der Waals surface area contributed by atoms with Crippen LogP contribution in [-0.2, 0) is 0 Å². The number of hydrogen-bond donors (Lipinski definition) is 5. The van der Waals surface area contributed by atoms with E-state index in [9.17, 15) is 4.79 Å². The van der Waals surface area contributed by atoms with E-state index in [0.717, 1.165) is 38.6 Å². The fourth-order valence-electron chi connectivity index (χ4n) is 2.03. The fraction of sp³-hybridized carbons (Fsp3) is 0.533. The molecule has 160 valence electrons. The molecule has 0 aliphatic rings. The Hall–Kier alpha value is -2.04. The molecule has 0 atom stereocenters. The number of halogens is 3. The van der Waals surface area contributed by atoms with Crippen molar-refractivity contribution in [3.8, 4) is 0 Å². The maximum absolute atomic E-state index is 12.0. The van der Waals surface area contributed by atoms with Crippen molar-refractivity contribution in [1.82, 2.24) is 15.3 Å². The largest absolute Gasteiger partial charge is 0.388 e. The molecule has 1 heterocycles. The number of nitrogens with two attached hydrogens (primary N) is 4. The summed E-state index contributed by atoms with van der Waals surface area (Å²) in [6.07, 6.45) is 5.07. The summed E-state index contributed by atoms with van der Waals surface area (Å²) >= 11 is 5.74. The van der Waals surface area contributed by atoms with Crippen LogP contribution in [0.15, 0.2) is 9.98 Å². The summed E-state index contributed by atoms with van der Waals surface area (Å²) < 4.78 is 0. The van der Waals surface area contributed by atoms with Gasteiger partial charge in [0.05, 0.1) is 5.84 Å². The van der Waals surface area contributed by atoms with E-state index in [1.54, 1.807) is 6.92 Å². The smallest absolute Gasteiger partial charge is 0.280 e. The molecule has 0 aromatic carbocycles. The summed E-state index contributed by atoms with van der Waals surface area (Å²) in [4.78, 5) is 27.8. The molecule has 0 bridgehead atoms. The predicted molar refractivity (Wildman–Crippen MR) is 120 cm³/mol. The van der Waals surface area contributed by atoms with Crippen LogP contribution in [0.5, 0.6) is 0 Å². The van der Waals surface area contributed by atoms with Crippen molar-refractivity contribution in [1.29, 1.82) is 0 Å². The Morgan fingerprint density at radius 1 is 0.964 bits per heavy atom. The molecule has 0 aliphatic heterocycles. The number of guanidine groups is 1. The SMILES string of the molecule is CC(N)=NCCCCCCCN=C(N)NC(=O)c1nc(Cl)c(N)nc1N.Cl.Cl. The molecular formula is C15H28Cl3N9O. The van der Waals surface area contributed by atoms with Gasteiger partial charge in [0.2, 0.25) is 0 Å². The number of nitrogens with zero attached hydrogens (tertiary/aromatic N) is 4. The van der Waals surface area contributed by atoms with Gasteiger partial charge >= 0.3 is 0 Å². The first-order valence-electron chi connectivity index (χ1n) is 8.27. The van der Waals surface area contributed by atoms with Gasteiger partial charge in [-0.25, -0.2) is 9.97 Å². The fourth-order valence-corrected chi connectivity index (χ4v) is 2.16. The van der Waals surface area contributed by atoms with Crippen LogP contribution in [0.2, 0.25) is 5.15 Å². The number of amidine groups is 1. The van der Waals surface area contributed by atoms with Gasteiger partial charge in [0, 0.05) is 13.1 Å². The molecule has 1 aromatic rings. The lowest BCUT2D eigenvalue weighted by Crippen LogP contribution is -2.38. The summed E-state index contributed by atoms with van der Waals surface area (Å²) in [5, 5.41) is 2.29. The quantitative estimate of drug-likeness (QED) is 0.212. The number of hydrogen-bond acceptors (Lipinski definition) is 7. The average molecular weight is 457 g/mol. The number of aromatic nitrogens is 2. The van der Waals surface area contributed by atoms with Crippen LogP contribution in [0.25, 0.3) is 0 Å². The Morgan fingerprint density at radius 2 is 1.50 bits per heavy atom. The second-order valence-electron chi connectivity index (χ2n) is 5.65. The van der Waals surface area contributed by atoms with E-state index in [0.29, 0.717) is 12.4 Å². The zero-order chi connectivity index (χ0) is 19.5. The van der Waals surface area contributed by atoms with Gasteiger partial charge in [-0.2, -0.15) is 0 Å². The number of carbonyl (C=O) groups is 1. The van der Waals surface area contributed by atoms with Crippen molar-refractivity contribution in [2.45, 2.75) is 39.0 Å². The summed E-state index contributed by atoms with van der Waals surface area (Å²) in [6, 6.07) is 0. The van der Waals surface area contributed by atoms with Crippen molar-refractivity contribution in [2.75, 3.05) is 24.6 Å². The highest BCUT2D eigenvalue weighted by atomic mass is 35.5. The lowest BCUT2D eigenvalue weighted by atomic mass is 10.1. The van der Waals surface area contributed by atoms with E-state index >= 15 is 0 Å². The van der Waals surface area contributed by atoms with Crippen LogP contribution in [0.4, 0.5) is 11.6 Å². The molecular weight excluding hydrogens is 429 g/mol. The first-order chi connectivity index (χ1) is 12.3. The third-order valence-electron chi connectivity index (χ3n) is 3.32. The number of nitrogens with one attached hydrogen (secondary N) is 1. The number of rotatable bonds is 9. The van der Waals surface area contributed by atoms with Crippen molar-refractivity contribution in [3.63, 3.8) is 0 Å². The van der Waals surface area contributed by atoms with E-state index in [1.807, 2.05) is 0 Å². The monoisotopic (exact) mass is 455 g/mol. The summed E-state index contributed by atoms with van der Waals surface area (Å²) in [6.45, 7) is 3.06. The number of carbonyl (C=O) groups excluding carboxylic acids is 1. The van der Waals surface area contributed by atoms with Gasteiger partial charge in [-0.3, -0.25) is 20.1 Å². The molecule has 0 aliphatic carbocycles. The van der Waals surface area contributed by atoms with E-state index in [4.69, 9.17) is 34.5 Å². The summed E-state index contributed by atoms with van der Waals surface area (Å²) in [5.41, 5.74) is 22.1. The van der Waals surface area contributed by atoms with Crippen LogP contribution in [0, 0.1) is 0 Å². The molecule has 9 N–H and O–H groups in total. The van der Waals surface area contributed by atoms with Gasteiger partial charge < -0.3 is 22.9 Å². The van der Waals surface area contributed by atoms with Gasteiger partial charge in [0.15, 0.2) is 28.4 Å². The highest BCUT2D eigenvalue weighted by Crippen LogP contribution is 2.17. The van der Waals surface area contributed by atoms with Crippen molar-refractivity contribution < 1.29 is 4.79 Å². The molecule has 0 spiro atoms. The third kappa shape index (κ3) is 11.0. The molecule has 13 heteroatoms. The number of amides is 1. The van der Waals surface area contributed by atoms with Crippen LogP contribution < -0.4 is 28.3 Å². The van der Waals surface area contributed by atoms with Crippen LogP contribution >= 0.6 is 36.4 Å². The highest BCUT2D eigenvalue weighted by Gasteiger charge is 2.16. The normalized spacial score (nSPS) is 11.4. The minimum absolute atomic E-state index is 0. The topological polar surface area (TPSA) is 184 Å². The number of nitrogen functional groups attached to an aromatic ring is 2. The summed E-state index contributed by atoms with van der Waals surface area (Å²) in [5.74, 6) is -0.227. The van der Waals surface area contributed by atoms with Gasteiger partial charge in [-0.15, -0.1) is 24.8 Å². The molecule has 0 fully saturated rings. The van der Waals surface area contributed by atoms with Gasteiger partial charge in [-0.1, -0.05) is 30.9 Å². The molecule has 0 radical (unpaired) electrons. The standard InChI is InChI=1S/C15H26ClN9O.2ClH/c1-9(17)21-7-5-3-2-4-6-8-22-15(20)25-14(26)10-12(18)24-13(19)11(16)23-10;;/h2-8H2,1H3,(H2,17,21)(H4,18,19,24)(H3,20,22,25,26);2*1H. The second-order valence-corrected chi connectivity index (χ2v) is 6.00. The Kier molecular flexibility index (Phi) is 15.0. The molecule has 10 nitrogen and oxygen atoms in total. The molecule has 1 rings (SSSR count). The highest BCUT2D eigenvalue weighted by molar-refractivity contribution is 6.31. The van der Waals surface area contributed by atoms with E-state index in [1.165, 1.54) is 0 Å². The summed E-state index contributed by atoms with van der Waals surface area (Å²) in [7, 11) is 0. The zero-order valence-corrected chi connectivity index (χ0v) is 18.0. The first kappa shape index (κ1) is 28.2. The molecule has 1 amide bonds. The molecule has 1 aromatic heterocycles. The molecule has 0 saturated heterocycles. The van der Waals surface area contributed by atoms with E-state index < -0.39 is 5.91 Å². The molecule has 0 unspecified atom stereocenters. The molecule has 0 saturated carbocycles. The number of unbranched alkanes of at least 4 members (excludes halogenated alkanes) is 4. The van der Waals surface area contributed by atoms with Crippen molar-refractivity contribution >= 4 is 65.8 Å². The Morgan fingerprint density at radius 3 is 2.07 bits per heavy atom.